The molecule has 0 saturated carbocycles. The number of carbonyl (C=O) groups excluding carboxylic acids is 1. The van der Waals surface area contributed by atoms with Crippen LogP contribution in [0.3, 0.4) is 0 Å². The number of aliphatic imine (C=N–C) groups is 1. The predicted octanol–water partition coefficient (Wildman–Crippen LogP) is 5.31. The van der Waals surface area contributed by atoms with E-state index in [1.807, 2.05) is 18.2 Å². The Balaban J connectivity index is 1.59. The molecule has 4 nitrogen and oxygen atoms in total. The number of amides is 1. The van der Waals surface area contributed by atoms with E-state index in [0.717, 1.165) is 42.6 Å². The number of anilines is 1. The topological polar surface area (TPSA) is 44.7 Å². The van der Waals surface area contributed by atoms with Gasteiger partial charge in [0, 0.05) is 33.9 Å². The lowest BCUT2D eigenvalue weighted by atomic mass is 9.97. The lowest BCUT2D eigenvalue weighted by molar-refractivity contribution is 0.0930. The van der Waals surface area contributed by atoms with Crippen molar-refractivity contribution in [3.05, 3.63) is 101 Å². The second-order valence-electron chi connectivity index (χ2n) is 8.04. The summed E-state index contributed by atoms with van der Waals surface area (Å²) in [5.74, 6) is -0.130. The number of nitrogens with zero attached hydrogens (tertiary/aromatic N) is 2. The van der Waals surface area contributed by atoms with Crippen LogP contribution in [0.4, 0.5) is 5.69 Å². The predicted molar refractivity (Wildman–Crippen MR) is 126 cm³/mol. The highest BCUT2D eigenvalue weighted by Crippen LogP contribution is 2.34. The maximum absolute atomic E-state index is 13.1. The van der Waals surface area contributed by atoms with Crippen LogP contribution in [0.25, 0.3) is 0 Å². The quantitative estimate of drug-likeness (QED) is 0.613. The number of halogens is 1. The lowest BCUT2D eigenvalue weighted by Gasteiger charge is -2.39. The Bertz CT molecular complexity index is 1110. The first-order valence-corrected chi connectivity index (χ1v) is 11.1. The number of carbonyl (C=O) groups is 1. The molecule has 5 heteroatoms. The van der Waals surface area contributed by atoms with Gasteiger partial charge in [-0.25, -0.2) is 0 Å². The molecule has 156 valence electrons. The number of para-hydroxylation sites is 1. The van der Waals surface area contributed by atoms with Crippen LogP contribution < -0.4 is 10.2 Å². The van der Waals surface area contributed by atoms with E-state index in [-0.39, 0.29) is 18.1 Å². The van der Waals surface area contributed by atoms with Gasteiger partial charge in [-0.1, -0.05) is 60.1 Å². The van der Waals surface area contributed by atoms with E-state index in [0.29, 0.717) is 10.6 Å². The molecule has 31 heavy (non-hydrogen) atoms. The van der Waals surface area contributed by atoms with Gasteiger partial charge in [-0.2, -0.15) is 0 Å². The third-order valence-corrected chi connectivity index (χ3v) is 6.34. The molecule has 0 bridgehead atoms. The minimum atomic E-state index is -0.342. The van der Waals surface area contributed by atoms with Crippen LogP contribution in [0, 0.1) is 0 Å². The van der Waals surface area contributed by atoms with Crippen molar-refractivity contribution < 1.29 is 4.79 Å². The largest absolute Gasteiger partial charge is 0.364 e. The van der Waals surface area contributed by atoms with Crippen LogP contribution in [-0.2, 0) is 0 Å². The number of hydrogen-bond donors (Lipinski definition) is 1. The smallest absolute Gasteiger partial charge is 0.252 e. The van der Waals surface area contributed by atoms with Gasteiger partial charge in [-0.15, -0.1) is 0 Å². The number of rotatable bonds is 3. The minimum Gasteiger partial charge on any atom is -0.364 e. The van der Waals surface area contributed by atoms with Crippen molar-refractivity contribution in [3.63, 3.8) is 0 Å². The van der Waals surface area contributed by atoms with Crippen molar-refractivity contribution in [1.82, 2.24) is 5.32 Å². The molecule has 1 N–H and O–H groups in total. The molecular weight excluding hydrogens is 406 g/mol. The van der Waals surface area contributed by atoms with Crippen LogP contribution in [0.5, 0.6) is 0 Å². The van der Waals surface area contributed by atoms with Crippen molar-refractivity contribution in [3.8, 4) is 0 Å². The summed E-state index contributed by atoms with van der Waals surface area (Å²) in [4.78, 5) is 20.7. The van der Waals surface area contributed by atoms with E-state index < -0.39 is 0 Å². The Hall–Kier alpha value is -3.11. The molecule has 0 aliphatic carbocycles. The van der Waals surface area contributed by atoms with Crippen molar-refractivity contribution in [2.75, 3.05) is 11.4 Å². The van der Waals surface area contributed by atoms with Gasteiger partial charge in [0.15, 0.2) is 0 Å². The van der Waals surface area contributed by atoms with Gasteiger partial charge >= 0.3 is 0 Å². The molecule has 0 aromatic heterocycles. The average Bonchev–Trinajstić information content (AvgIpc) is 2.96. The fourth-order valence-electron chi connectivity index (χ4n) is 4.58. The van der Waals surface area contributed by atoms with Gasteiger partial charge in [0.1, 0.15) is 6.17 Å². The maximum Gasteiger partial charge on any atom is 0.252 e. The van der Waals surface area contributed by atoms with Crippen LogP contribution in [0.15, 0.2) is 83.9 Å². The Morgan fingerprint density at radius 2 is 1.68 bits per heavy atom. The Morgan fingerprint density at radius 1 is 0.935 bits per heavy atom. The number of hydrogen-bond acceptors (Lipinski definition) is 3. The average molecular weight is 430 g/mol. The SMILES string of the molecule is O=C(NC1N=C(c2ccccc2)c2ccccc2N2CCCCC12)c1ccc(Cl)cc1. The van der Waals surface area contributed by atoms with Crippen LogP contribution in [0.1, 0.15) is 40.7 Å². The zero-order valence-corrected chi connectivity index (χ0v) is 17.9. The molecule has 2 atom stereocenters. The highest BCUT2D eigenvalue weighted by Gasteiger charge is 2.35. The molecule has 0 radical (unpaired) electrons. The number of nitrogens with one attached hydrogen (secondary N) is 1. The van der Waals surface area contributed by atoms with Gasteiger partial charge in [0.2, 0.25) is 0 Å². The van der Waals surface area contributed by atoms with Crippen molar-refractivity contribution in [2.45, 2.75) is 31.5 Å². The van der Waals surface area contributed by atoms with Gasteiger partial charge < -0.3 is 10.2 Å². The van der Waals surface area contributed by atoms with Crippen LogP contribution >= 0.6 is 11.6 Å². The van der Waals surface area contributed by atoms with E-state index in [1.54, 1.807) is 24.3 Å². The molecule has 3 aromatic carbocycles. The summed E-state index contributed by atoms with van der Waals surface area (Å²) in [6.07, 6.45) is 2.92. The van der Waals surface area contributed by atoms with Crippen LogP contribution in [-0.4, -0.2) is 30.4 Å². The van der Waals surface area contributed by atoms with Gasteiger partial charge in [-0.3, -0.25) is 9.79 Å². The van der Waals surface area contributed by atoms with E-state index in [4.69, 9.17) is 16.6 Å². The van der Waals surface area contributed by atoms with Gasteiger partial charge in [0.05, 0.1) is 11.8 Å². The summed E-state index contributed by atoms with van der Waals surface area (Å²) in [7, 11) is 0. The first-order valence-electron chi connectivity index (χ1n) is 10.8. The summed E-state index contributed by atoms with van der Waals surface area (Å²) in [5, 5.41) is 3.83. The third kappa shape index (κ3) is 3.96. The Kier molecular flexibility index (Phi) is 5.47. The molecule has 2 unspecified atom stereocenters. The van der Waals surface area contributed by atoms with Crippen molar-refractivity contribution in [1.29, 1.82) is 0 Å². The van der Waals surface area contributed by atoms with E-state index in [9.17, 15) is 4.79 Å². The van der Waals surface area contributed by atoms with Gasteiger partial charge in [-0.05, 0) is 49.6 Å². The van der Waals surface area contributed by atoms with Crippen molar-refractivity contribution >= 4 is 28.9 Å². The highest BCUT2D eigenvalue weighted by atomic mass is 35.5. The number of fused-ring (bicyclic) bond motifs is 3. The van der Waals surface area contributed by atoms with Crippen LogP contribution in [0.2, 0.25) is 5.02 Å². The number of piperidine rings is 1. The molecule has 2 aliphatic heterocycles. The standard InChI is InChI=1S/C26H24ClN3O/c27-20-15-13-19(14-16-20)26(31)29-25-23-12-6-7-17-30(23)22-11-5-4-10-21(22)24(28-25)18-8-2-1-3-9-18/h1-5,8-11,13-16,23,25H,6-7,12,17H2,(H,29,31). The monoisotopic (exact) mass is 429 g/mol. The summed E-state index contributed by atoms with van der Waals surface area (Å²) in [6, 6.07) is 25.8. The molecule has 1 saturated heterocycles. The summed E-state index contributed by atoms with van der Waals surface area (Å²) < 4.78 is 0. The molecule has 1 fully saturated rings. The zero-order chi connectivity index (χ0) is 21.2. The second kappa shape index (κ2) is 8.56. The molecule has 2 aliphatic rings. The van der Waals surface area contributed by atoms with E-state index >= 15 is 0 Å². The number of benzene rings is 3. The fraction of sp³-hybridized carbons (Fsp3) is 0.231. The summed E-state index contributed by atoms with van der Waals surface area (Å²) in [5.41, 5.74) is 4.87. The lowest BCUT2D eigenvalue weighted by Crippen LogP contribution is -2.52. The van der Waals surface area contributed by atoms with Crippen molar-refractivity contribution in [2.24, 2.45) is 4.99 Å². The maximum atomic E-state index is 13.1. The van der Waals surface area contributed by atoms with Gasteiger partial charge in [0.25, 0.3) is 5.91 Å². The molecule has 5 rings (SSSR count). The normalized spacial score (nSPS) is 20.2. The molecule has 0 spiro atoms. The minimum absolute atomic E-state index is 0.118. The first-order chi connectivity index (χ1) is 15.2. The first kappa shape index (κ1) is 19.8. The zero-order valence-electron chi connectivity index (χ0n) is 17.2. The Morgan fingerprint density at radius 3 is 2.48 bits per heavy atom. The highest BCUT2D eigenvalue weighted by molar-refractivity contribution is 6.30. The van der Waals surface area contributed by atoms with E-state index in [2.05, 4.69) is 46.6 Å². The third-order valence-electron chi connectivity index (χ3n) is 6.08. The molecular formula is C26H24ClN3O. The molecule has 1 amide bonds. The van der Waals surface area contributed by atoms with E-state index in [1.165, 1.54) is 5.69 Å². The summed E-state index contributed by atoms with van der Waals surface area (Å²) in [6.45, 7) is 0.965. The molecule has 2 heterocycles. The fourth-order valence-corrected chi connectivity index (χ4v) is 4.70. The summed E-state index contributed by atoms with van der Waals surface area (Å²) >= 11 is 6.00. The molecule has 3 aromatic rings. The Labute approximate surface area is 187 Å². The second-order valence-corrected chi connectivity index (χ2v) is 8.48.